The molecule has 0 fully saturated rings. The van der Waals surface area contributed by atoms with E-state index >= 15 is 0 Å². The van der Waals surface area contributed by atoms with Gasteiger partial charge in [-0.05, 0) is 34.7 Å². The van der Waals surface area contributed by atoms with Crippen LogP contribution in [0.5, 0.6) is 0 Å². The molecule has 0 atom stereocenters. The SMILES string of the molecule is O=[N+]([O-])c1cc(I)ccc1NCc1ncon1. The van der Waals surface area contributed by atoms with E-state index in [1.807, 2.05) is 22.6 Å². The van der Waals surface area contributed by atoms with Crippen LogP contribution in [0.15, 0.2) is 29.1 Å². The molecule has 88 valence electrons. The molecule has 0 radical (unpaired) electrons. The van der Waals surface area contributed by atoms with E-state index in [2.05, 4.69) is 20.0 Å². The van der Waals surface area contributed by atoms with Crippen molar-refractivity contribution in [2.45, 2.75) is 6.54 Å². The average Bonchev–Trinajstić information content (AvgIpc) is 2.80. The maximum absolute atomic E-state index is 10.8. The molecule has 1 aromatic carbocycles. The summed E-state index contributed by atoms with van der Waals surface area (Å²) in [5.41, 5.74) is 0.459. The smallest absolute Gasteiger partial charge is 0.293 e. The fourth-order valence-electron chi connectivity index (χ4n) is 1.25. The number of rotatable bonds is 4. The highest BCUT2D eigenvalue weighted by molar-refractivity contribution is 14.1. The van der Waals surface area contributed by atoms with E-state index in [0.717, 1.165) is 3.57 Å². The van der Waals surface area contributed by atoms with Gasteiger partial charge in [0.2, 0.25) is 6.39 Å². The third-order valence-electron chi connectivity index (χ3n) is 2.00. The van der Waals surface area contributed by atoms with Crippen molar-refractivity contribution in [3.05, 3.63) is 44.1 Å². The van der Waals surface area contributed by atoms with E-state index in [1.165, 1.54) is 12.5 Å². The number of aromatic nitrogens is 2. The van der Waals surface area contributed by atoms with E-state index in [-0.39, 0.29) is 12.2 Å². The molecule has 0 aliphatic rings. The highest BCUT2D eigenvalue weighted by Gasteiger charge is 2.14. The molecule has 0 aliphatic heterocycles. The molecule has 0 unspecified atom stereocenters. The lowest BCUT2D eigenvalue weighted by Crippen LogP contribution is -2.04. The monoisotopic (exact) mass is 346 g/mol. The first kappa shape index (κ1) is 11.8. The molecular weight excluding hydrogens is 339 g/mol. The van der Waals surface area contributed by atoms with Gasteiger partial charge < -0.3 is 9.84 Å². The van der Waals surface area contributed by atoms with Crippen molar-refractivity contribution < 1.29 is 9.45 Å². The second kappa shape index (κ2) is 5.08. The molecule has 7 nitrogen and oxygen atoms in total. The number of nitro benzene ring substituents is 1. The number of hydrogen-bond donors (Lipinski definition) is 1. The maximum atomic E-state index is 10.8. The molecule has 1 N–H and O–H groups in total. The number of hydrogen-bond acceptors (Lipinski definition) is 6. The molecule has 0 spiro atoms. The van der Waals surface area contributed by atoms with Gasteiger partial charge in [-0.25, -0.2) is 0 Å². The van der Waals surface area contributed by atoms with Gasteiger partial charge in [0.05, 0.1) is 11.5 Å². The minimum atomic E-state index is -0.430. The van der Waals surface area contributed by atoms with Crippen LogP contribution >= 0.6 is 22.6 Å². The van der Waals surface area contributed by atoms with Crippen molar-refractivity contribution in [2.24, 2.45) is 0 Å². The van der Waals surface area contributed by atoms with Crippen LogP contribution in [-0.4, -0.2) is 15.1 Å². The zero-order valence-electron chi connectivity index (χ0n) is 8.46. The van der Waals surface area contributed by atoms with Crippen molar-refractivity contribution >= 4 is 34.0 Å². The van der Waals surface area contributed by atoms with Crippen LogP contribution in [0.3, 0.4) is 0 Å². The summed E-state index contributed by atoms with van der Waals surface area (Å²) < 4.78 is 5.37. The summed E-state index contributed by atoms with van der Waals surface area (Å²) >= 11 is 2.02. The number of nitrogens with zero attached hydrogens (tertiary/aromatic N) is 3. The highest BCUT2D eigenvalue weighted by Crippen LogP contribution is 2.26. The Morgan fingerprint density at radius 3 is 3.00 bits per heavy atom. The lowest BCUT2D eigenvalue weighted by Gasteiger charge is -2.04. The van der Waals surface area contributed by atoms with Gasteiger partial charge in [-0.15, -0.1) is 0 Å². The Morgan fingerprint density at radius 1 is 1.53 bits per heavy atom. The molecule has 17 heavy (non-hydrogen) atoms. The Hall–Kier alpha value is -1.71. The van der Waals surface area contributed by atoms with Gasteiger partial charge in [-0.1, -0.05) is 5.16 Å². The average molecular weight is 346 g/mol. The maximum Gasteiger partial charge on any atom is 0.293 e. The normalized spacial score (nSPS) is 10.2. The highest BCUT2D eigenvalue weighted by atomic mass is 127. The molecule has 1 heterocycles. The van der Waals surface area contributed by atoms with Crippen LogP contribution in [0.25, 0.3) is 0 Å². The van der Waals surface area contributed by atoms with Crippen molar-refractivity contribution in [3.8, 4) is 0 Å². The second-order valence-electron chi connectivity index (χ2n) is 3.12. The molecule has 2 aromatic rings. The van der Waals surface area contributed by atoms with Crippen LogP contribution < -0.4 is 5.32 Å². The van der Waals surface area contributed by atoms with Gasteiger partial charge >= 0.3 is 0 Å². The van der Waals surface area contributed by atoms with Gasteiger partial charge in [0.25, 0.3) is 5.69 Å². The van der Waals surface area contributed by atoms with Crippen LogP contribution in [0, 0.1) is 13.7 Å². The first-order valence-corrected chi connectivity index (χ1v) is 5.68. The quantitative estimate of drug-likeness (QED) is 0.518. The molecule has 0 aliphatic carbocycles. The number of benzene rings is 1. The minimum Gasteiger partial charge on any atom is -0.372 e. The molecule has 0 saturated carbocycles. The standard InChI is InChI=1S/C9H7IN4O3/c10-6-1-2-7(8(3-6)14(15)16)11-4-9-12-5-17-13-9/h1-3,5,11H,4H2. The summed E-state index contributed by atoms with van der Waals surface area (Å²) in [6, 6.07) is 4.94. The van der Waals surface area contributed by atoms with Gasteiger partial charge in [-0.2, -0.15) is 4.98 Å². The zero-order valence-corrected chi connectivity index (χ0v) is 10.6. The van der Waals surface area contributed by atoms with Crippen LogP contribution in [0.4, 0.5) is 11.4 Å². The van der Waals surface area contributed by atoms with Gasteiger partial charge in [0, 0.05) is 9.64 Å². The Balaban J connectivity index is 2.17. The number of nitro groups is 1. The summed E-state index contributed by atoms with van der Waals surface area (Å²) in [5, 5.41) is 17.3. The molecular formula is C9H7IN4O3. The van der Waals surface area contributed by atoms with Crippen molar-refractivity contribution in [1.29, 1.82) is 0 Å². The zero-order chi connectivity index (χ0) is 12.3. The first-order chi connectivity index (χ1) is 8.16. The molecule has 0 amide bonds. The summed E-state index contributed by atoms with van der Waals surface area (Å²) in [6.07, 6.45) is 1.21. The van der Waals surface area contributed by atoms with Gasteiger partial charge in [0.1, 0.15) is 5.69 Å². The van der Waals surface area contributed by atoms with E-state index in [4.69, 9.17) is 0 Å². The van der Waals surface area contributed by atoms with Crippen LogP contribution in [0.2, 0.25) is 0 Å². The van der Waals surface area contributed by atoms with Gasteiger partial charge in [0.15, 0.2) is 5.82 Å². The number of anilines is 1. The Labute approximate surface area is 110 Å². The van der Waals surface area contributed by atoms with Crippen LogP contribution in [-0.2, 0) is 6.54 Å². The lowest BCUT2D eigenvalue weighted by molar-refractivity contribution is -0.384. The largest absolute Gasteiger partial charge is 0.372 e. The lowest BCUT2D eigenvalue weighted by atomic mass is 10.2. The van der Waals surface area contributed by atoms with Crippen molar-refractivity contribution in [1.82, 2.24) is 10.1 Å². The summed E-state index contributed by atoms with van der Waals surface area (Å²) in [4.78, 5) is 14.2. The fraction of sp³-hybridized carbons (Fsp3) is 0.111. The van der Waals surface area contributed by atoms with Crippen molar-refractivity contribution in [3.63, 3.8) is 0 Å². The molecule has 1 aromatic heterocycles. The van der Waals surface area contributed by atoms with Gasteiger partial charge in [-0.3, -0.25) is 10.1 Å². The Morgan fingerprint density at radius 2 is 2.35 bits per heavy atom. The van der Waals surface area contributed by atoms with E-state index in [0.29, 0.717) is 11.5 Å². The molecule has 0 bridgehead atoms. The predicted molar refractivity (Wildman–Crippen MR) is 67.4 cm³/mol. The minimum absolute atomic E-state index is 0.0281. The summed E-state index contributed by atoms with van der Waals surface area (Å²) in [7, 11) is 0. The Bertz CT molecular complexity index is 529. The topological polar surface area (TPSA) is 94.1 Å². The van der Waals surface area contributed by atoms with E-state index < -0.39 is 4.92 Å². The molecule has 2 rings (SSSR count). The number of nitrogens with one attached hydrogen (secondary N) is 1. The first-order valence-electron chi connectivity index (χ1n) is 4.60. The second-order valence-corrected chi connectivity index (χ2v) is 4.37. The summed E-state index contributed by atoms with van der Waals surface area (Å²) in [6.45, 7) is 0.276. The molecule has 0 saturated heterocycles. The third-order valence-corrected chi connectivity index (χ3v) is 2.67. The summed E-state index contributed by atoms with van der Waals surface area (Å²) in [5.74, 6) is 0.442. The predicted octanol–water partition coefficient (Wildman–Crippen LogP) is 2.19. The fourth-order valence-corrected chi connectivity index (χ4v) is 1.72. The van der Waals surface area contributed by atoms with Crippen molar-refractivity contribution in [2.75, 3.05) is 5.32 Å². The van der Waals surface area contributed by atoms with Crippen LogP contribution in [0.1, 0.15) is 5.82 Å². The van der Waals surface area contributed by atoms with E-state index in [9.17, 15) is 10.1 Å². The molecule has 8 heteroatoms. The Kier molecular flexibility index (Phi) is 3.52. The van der Waals surface area contributed by atoms with E-state index in [1.54, 1.807) is 12.1 Å². The number of halogens is 1. The third kappa shape index (κ3) is 2.90.